The van der Waals surface area contributed by atoms with Crippen LogP contribution in [0.3, 0.4) is 0 Å². The molecule has 0 aliphatic rings. The van der Waals surface area contributed by atoms with Crippen LogP contribution in [-0.4, -0.2) is 41.5 Å². The number of methoxy groups -OCH3 is 1. The van der Waals surface area contributed by atoms with E-state index < -0.39 is 5.97 Å². The van der Waals surface area contributed by atoms with Crippen molar-refractivity contribution in [2.45, 2.75) is 19.9 Å². The second kappa shape index (κ2) is 8.62. The predicted octanol–water partition coefficient (Wildman–Crippen LogP) is 3.66. The number of nitrogens with zero attached hydrogens (tertiary/aromatic N) is 2. The summed E-state index contributed by atoms with van der Waals surface area (Å²) in [6, 6.07) is 10.5. The average molecular weight is 407 g/mol. The molecule has 132 valence electrons. The van der Waals surface area contributed by atoms with Gasteiger partial charge < -0.3 is 14.4 Å². The third-order valence-corrected chi connectivity index (χ3v) is 3.91. The topological polar surface area (TPSA) is 68.7 Å². The molecule has 0 radical (unpaired) electrons. The second-order valence-electron chi connectivity index (χ2n) is 5.55. The number of carbonyl (C=O) groups is 2. The summed E-state index contributed by atoms with van der Waals surface area (Å²) >= 11 is 3.37. The maximum Gasteiger partial charge on any atom is 0.325 e. The molecule has 1 aromatic carbocycles. The molecule has 2 rings (SSSR count). The molecule has 0 saturated heterocycles. The number of pyridine rings is 1. The fourth-order valence-electron chi connectivity index (χ4n) is 2.08. The van der Waals surface area contributed by atoms with Gasteiger partial charge in [0, 0.05) is 22.8 Å². The minimum atomic E-state index is -0.468. The van der Waals surface area contributed by atoms with Crippen molar-refractivity contribution < 1.29 is 19.1 Å². The summed E-state index contributed by atoms with van der Waals surface area (Å²) < 4.78 is 11.2. The summed E-state index contributed by atoms with van der Waals surface area (Å²) in [6.45, 7) is 3.56. The summed E-state index contributed by atoms with van der Waals surface area (Å²) in [4.78, 5) is 29.7. The second-order valence-corrected chi connectivity index (χ2v) is 6.46. The number of benzene rings is 1. The van der Waals surface area contributed by atoms with Crippen LogP contribution in [0, 0.1) is 0 Å². The largest absolute Gasteiger partial charge is 0.468 e. The first-order valence-electron chi connectivity index (χ1n) is 7.68. The van der Waals surface area contributed by atoms with E-state index in [1.807, 2.05) is 38.1 Å². The Kier molecular flexibility index (Phi) is 6.52. The van der Waals surface area contributed by atoms with E-state index in [4.69, 9.17) is 4.74 Å². The van der Waals surface area contributed by atoms with E-state index in [2.05, 4.69) is 25.7 Å². The predicted molar refractivity (Wildman–Crippen MR) is 96.6 cm³/mol. The third-order valence-electron chi connectivity index (χ3n) is 3.41. The lowest BCUT2D eigenvalue weighted by Crippen LogP contribution is -2.41. The fourth-order valence-corrected chi connectivity index (χ4v) is 2.45. The Morgan fingerprint density at radius 3 is 2.56 bits per heavy atom. The van der Waals surface area contributed by atoms with Gasteiger partial charge in [0.15, 0.2) is 0 Å². The number of halogens is 1. The summed E-state index contributed by atoms with van der Waals surface area (Å²) in [5.41, 5.74) is 0.374. The van der Waals surface area contributed by atoms with Gasteiger partial charge in [-0.25, -0.2) is 4.98 Å². The van der Waals surface area contributed by atoms with E-state index in [0.717, 1.165) is 4.47 Å². The Bertz CT molecular complexity index is 747. The van der Waals surface area contributed by atoms with Crippen LogP contribution in [0.5, 0.6) is 11.6 Å². The molecule has 1 aromatic heterocycles. The summed E-state index contributed by atoms with van der Waals surface area (Å²) in [7, 11) is 1.29. The normalized spacial score (nSPS) is 10.4. The molecule has 0 aliphatic carbocycles. The minimum absolute atomic E-state index is 0.108. The molecule has 0 saturated carbocycles. The monoisotopic (exact) mass is 406 g/mol. The Morgan fingerprint density at radius 2 is 2.00 bits per heavy atom. The molecule has 0 spiro atoms. The molecule has 0 fully saturated rings. The molecule has 0 bridgehead atoms. The van der Waals surface area contributed by atoms with E-state index in [9.17, 15) is 9.59 Å². The highest BCUT2D eigenvalue weighted by Crippen LogP contribution is 2.23. The zero-order valence-electron chi connectivity index (χ0n) is 14.2. The van der Waals surface area contributed by atoms with Crippen LogP contribution in [0.2, 0.25) is 0 Å². The van der Waals surface area contributed by atoms with Crippen molar-refractivity contribution in [3.63, 3.8) is 0 Å². The van der Waals surface area contributed by atoms with Crippen molar-refractivity contribution in [1.82, 2.24) is 9.88 Å². The van der Waals surface area contributed by atoms with Gasteiger partial charge in [-0.05, 0) is 38.1 Å². The fraction of sp³-hybridized carbons (Fsp3) is 0.278. The van der Waals surface area contributed by atoms with Gasteiger partial charge in [-0.2, -0.15) is 0 Å². The lowest BCUT2D eigenvalue weighted by molar-refractivity contribution is -0.141. The zero-order valence-corrected chi connectivity index (χ0v) is 15.8. The Labute approximate surface area is 154 Å². The molecule has 0 aliphatic heterocycles. The summed E-state index contributed by atoms with van der Waals surface area (Å²) in [5, 5.41) is 0. The maximum atomic E-state index is 12.6. The van der Waals surface area contributed by atoms with Crippen LogP contribution in [0.25, 0.3) is 0 Å². The molecule has 0 atom stereocenters. The third kappa shape index (κ3) is 5.29. The number of carbonyl (C=O) groups excluding carboxylic acids is 2. The van der Waals surface area contributed by atoms with E-state index in [-0.39, 0.29) is 18.5 Å². The highest BCUT2D eigenvalue weighted by atomic mass is 79.9. The number of amides is 1. The van der Waals surface area contributed by atoms with Gasteiger partial charge >= 0.3 is 5.97 Å². The molecule has 1 amide bonds. The first-order valence-corrected chi connectivity index (χ1v) is 8.47. The summed E-state index contributed by atoms with van der Waals surface area (Å²) in [6.07, 6.45) is 1.43. The van der Waals surface area contributed by atoms with Crippen molar-refractivity contribution in [3.8, 4) is 11.6 Å². The van der Waals surface area contributed by atoms with Crippen molar-refractivity contribution in [1.29, 1.82) is 0 Å². The van der Waals surface area contributed by atoms with Gasteiger partial charge in [-0.1, -0.05) is 22.0 Å². The molecule has 25 heavy (non-hydrogen) atoms. The van der Waals surface area contributed by atoms with Gasteiger partial charge in [0.1, 0.15) is 12.3 Å². The van der Waals surface area contributed by atoms with Gasteiger partial charge in [0.25, 0.3) is 5.91 Å². The Morgan fingerprint density at radius 1 is 1.24 bits per heavy atom. The highest BCUT2D eigenvalue weighted by Gasteiger charge is 2.22. The first-order chi connectivity index (χ1) is 11.9. The molecular weight excluding hydrogens is 388 g/mol. The van der Waals surface area contributed by atoms with Crippen molar-refractivity contribution in [2.24, 2.45) is 0 Å². The van der Waals surface area contributed by atoms with Crippen LogP contribution in [0.15, 0.2) is 47.1 Å². The molecule has 0 N–H and O–H groups in total. The smallest absolute Gasteiger partial charge is 0.325 e. The molecule has 6 nitrogen and oxygen atoms in total. The quantitative estimate of drug-likeness (QED) is 0.684. The highest BCUT2D eigenvalue weighted by molar-refractivity contribution is 9.10. The lowest BCUT2D eigenvalue weighted by Gasteiger charge is -2.25. The number of rotatable bonds is 6. The van der Waals surface area contributed by atoms with Crippen LogP contribution in [0.1, 0.15) is 24.2 Å². The Hall–Kier alpha value is -2.41. The molecule has 7 heteroatoms. The van der Waals surface area contributed by atoms with Crippen LogP contribution < -0.4 is 4.74 Å². The van der Waals surface area contributed by atoms with E-state index in [1.54, 1.807) is 12.1 Å². The first kappa shape index (κ1) is 18.9. The molecule has 0 unspecified atom stereocenters. The van der Waals surface area contributed by atoms with Gasteiger partial charge in [0.05, 0.1) is 12.7 Å². The average Bonchev–Trinajstić information content (AvgIpc) is 2.59. The molecule has 1 heterocycles. The van der Waals surface area contributed by atoms with Crippen LogP contribution >= 0.6 is 15.9 Å². The van der Waals surface area contributed by atoms with Crippen LogP contribution in [-0.2, 0) is 9.53 Å². The van der Waals surface area contributed by atoms with Crippen LogP contribution in [0.4, 0.5) is 0 Å². The zero-order chi connectivity index (χ0) is 18.4. The van der Waals surface area contributed by atoms with Crippen molar-refractivity contribution in [3.05, 3.63) is 52.6 Å². The number of hydrogen-bond acceptors (Lipinski definition) is 5. The van der Waals surface area contributed by atoms with Gasteiger partial charge in [-0.3, -0.25) is 9.59 Å². The lowest BCUT2D eigenvalue weighted by atomic mass is 10.2. The van der Waals surface area contributed by atoms with E-state index in [1.165, 1.54) is 18.2 Å². The Balaban J connectivity index is 2.12. The number of hydrogen-bond donors (Lipinski definition) is 0. The molecule has 2 aromatic rings. The van der Waals surface area contributed by atoms with Crippen molar-refractivity contribution >= 4 is 27.8 Å². The minimum Gasteiger partial charge on any atom is -0.468 e. The number of aromatic nitrogens is 1. The van der Waals surface area contributed by atoms with Crippen molar-refractivity contribution in [2.75, 3.05) is 13.7 Å². The number of esters is 1. The van der Waals surface area contributed by atoms with E-state index >= 15 is 0 Å². The van der Waals surface area contributed by atoms with E-state index in [0.29, 0.717) is 17.2 Å². The molecular formula is C18H19BrN2O4. The number of ether oxygens (including phenoxy) is 2. The van der Waals surface area contributed by atoms with Gasteiger partial charge in [-0.15, -0.1) is 0 Å². The van der Waals surface area contributed by atoms with Gasteiger partial charge in [0.2, 0.25) is 5.88 Å². The standard InChI is InChI=1S/C18H19BrN2O4/c1-12(2)21(11-17(22)24-3)18(23)13-7-8-16(20-10-13)25-15-6-4-5-14(19)9-15/h4-10,12H,11H2,1-3H3. The SMILES string of the molecule is COC(=O)CN(C(=O)c1ccc(Oc2cccc(Br)c2)nc1)C(C)C. The summed E-state index contributed by atoms with van der Waals surface area (Å²) in [5.74, 6) is 0.251. The maximum absolute atomic E-state index is 12.6.